The fourth-order valence-corrected chi connectivity index (χ4v) is 6.44. The molecule has 3 amide bonds. The van der Waals surface area contributed by atoms with E-state index < -0.39 is 11.9 Å². The number of likely N-dealkylation sites (tertiary alicyclic amines) is 1. The van der Waals surface area contributed by atoms with Crippen molar-refractivity contribution < 1.29 is 18.8 Å². The molecule has 1 saturated heterocycles. The van der Waals surface area contributed by atoms with Crippen LogP contribution >= 0.6 is 0 Å². The van der Waals surface area contributed by atoms with Crippen molar-refractivity contribution in [3.8, 4) is 0 Å². The molecule has 1 heterocycles. The van der Waals surface area contributed by atoms with Gasteiger partial charge in [0, 0.05) is 37.2 Å². The van der Waals surface area contributed by atoms with E-state index in [1.165, 1.54) is 24.3 Å². The highest BCUT2D eigenvalue weighted by Crippen LogP contribution is 2.34. The van der Waals surface area contributed by atoms with Crippen LogP contribution in [0.15, 0.2) is 54.6 Å². The van der Waals surface area contributed by atoms with Gasteiger partial charge in [0.2, 0.25) is 11.8 Å². The molecule has 0 radical (unpaired) electrons. The molecule has 0 aromatic heterocycles. The van der Waals surface area contributed by atoms with Crippen molar-refractivity contribution in [3.63, 3.8) is 0 Å². The molecule has 5 rings (SSSR count). The molecule has 3 fully saturated rings. The number of hydrogen-bond donors (Lipinski definition) is 2. The van der Waals surface area contributed by atoms with Crippen LogP contribution in [0.2, 0.25) is 0 Å². The zero-order chi connectivity index (χ0) is 28.8. The molecule has 3 aliphatic rings. The van der Waals surface area contributed by atoms with E-state index in [0.717, 1.165) is 50.6 Å². The highest BCUT2D eigenvalue weighted by Gasteiger charge is 2.43. The Labute approximate surface area is 242 Å². The first-order valence-corrected chi connectivity index (χ1v) is 15.3. The number of rotatable bonds is 10. The minimum atomic E-state index is -0.609. The van der Waals surface area contributed by atoms with Gasteiger partial charge in [-0.25, -0.2) is 4.39 Å². The van der Waals surface area contributed by atoms with Crippen molar-refractivity contribution >= 4 is 17.7 Å². The van der Waals surface area contributed by atoms with Gasteiger partial charge in [-0.05, 0) is 106 Å². The average Bonchev–Trinajstić information content (AvgIpc) is 3.86. The van der Waals surface area contributed by atoms with E-state index in [9.17, 15) is 18.8 Å². The standard InChI is InChI=1S/C33H43FN4O3/c34-28-14-12-27(13-15-28)32(40)37(18-16-23-4-2-1-3-5-23)29-17-19-38(33(41)26-10-11-26)30(20-29)31(39)36-22-25-8-6-24(21-35)7-9-25/h1-5,12-15,24-26,29-30H,6-11,16-22,35H2,(H,36,39)/t24?,25?,29?,30-/m1/s1. The summed E-state index contributed by atoms with van der Waals surface area (Å²) in [5, 5.41) is 3.17. The number of benzene rings is 2. The number of hydrogen-bond acceptors (Lipinski definition) is 4. The maximum absolute atomic E-state index is 13.8. The third-order valence-electron chi connectivity index (χ3n) is 9.23. The summed E-state index contributed by atoms with van der Waals surface area (Å²) in [7, 11) is 0. The zero-order valence-electron chi connectivity index (χ0n) is 23.8. The number of piperidine rings is 1. The molecule has 2 aliphatic carbocycles. The number of amides is 3. The van der Waals surface area contributed by atoms with E-state index in [0.29, 0.717) is 56.3 Å². The van der Waals surface area contributed by atoms with Gasteiger partial charge in [0.15, 0.2) is 0 Å². The highest BCUT2D eigenvalue weighted by molar-refractivity contribution is 5.95. The molecule has 0 bridgehead atoms. The van der Waals surface area contributed by atoms with Gasteiger partial charge in [-0.1, -0.05) is 30.3 Å². The third-order valence-corrected chi connectivity index (χ3v) is 9.23. The Hall–Kier alpha value is -3.26. The summed E-state index contributed by atoms with van der Waals surface area (Å²) in [6.45, 7) is 2.24. The molecule has 8 heteroatoms. The summed E-state index contributed by atoms with van der Waals surface area (Å²) >= 11 is 0. The Morgan fingerprint density at radius 1 is 0.902 bits per heavy atom. The molecule has 7 nitrogen and oxygen atoms in total. The first-order chi connectivity index (χ1) is 19.9. The monoisotopic (exact) mass is 562 g/mol. The number of nitrogens with zero attached hydrogens (tertiary/aromatic N) is 2. The average molecular weight is 563 g/mol. The molecule has 2 atom stereocenters. The Kier molecular flexibility index (Phi) is 9.70. The van der Waals surface area contributed by atoms with Gasteiger partial charge in [-0.3, -0.25) is 14.4 Å². The number of carbonyl (C=O) groups is 3. The third kappa shape index (κ3) is 7.53. The summed E-state index contributed by atoms with van der Waals surface area (Å²) in [6.07, 6.45) is 7.72. The number of nitrogens with one attached hydrogen (secondary N) is 1. The normalized spacial score (nSPS) is 24.5. The molecule has 220 valence electrons. The van der Waals surface area contributed by atoms with E-state index in [2.05, 4.69) is 5.32 Å². The SMILES string of the molecule is NCC1CCC(CNC(=O)[C@H]2CC(N(CCc3ccccc3)C(=O)c3ccc(F)cc3)CCN2C(=O)C2CC2)CC1. The molecule has 1 unspecified atom stereocenters. The van der Waals surface area contributed by atoms with Crippen LogP contribution in [-0.4, -0.2) is 65.8 Å². The van der Waals surface area contributed by atoms with Gasteiger partial charge in [-0.2, -0.15) is 0 Å². The Morgan fingerprint density at radius 2 is 1.59 bits per heavy atom. The topological polar surface area (TPSA) is 95.7 Å². The van der Waals surface area contributed by atoms with Crippen molar-refractivity contribution in [1.29, 1.82) is 0 Å². The predicted molar refractivity (Wildman–Crippen MR) is 156 cm³/mol. The van der Waals surface area contributed by atoms with E-state index in [4.69, 9.17) is 5.73 Å². The summed E-state index contributed by atoms with van der Waals surface area (Å²) in [5.41, 5.74) is 7.38. The maximum Gasteiger partial charge on any atom is 0.254 e. The minimum absolute atomic E-state index is 0.0171. The fraction of sp³-hybridized carbons (Fsp3) is 0.545. The molecule has 1 aliphatic heterocycles. The highest BCUT2D eigenvalue weighted by atomic mass is 19.1. The summed E-state index contributed by atoms with van der Waals surface area (Å²) in [6, 6.07) is 14.8. The molecular formula is C33H43FN4O3. The number of carbonyl (C=O) groups excluding carboxylic acids is 3. The van der Waals surface area contributed by atoms with Crippen molar-refractivity contribution in [1.82, 2.24) is 15.1 Å². The summed E-state index contributed by atoms with van der Waals surface area (Å²) < 4.78 is 13.6. The Morgan fingerprint density at radius 3 is 2.24 bits per heavy atom. The van der Waals surface area contributed by atoms with Gasteiger partial charge in [0.1, 0.15) is 11.9 Å². The Balaban J connectivity index is 1.31. The number of nitrogens with two attached hydrogens (primary N) is 1. The smallest absolute Gasteiger partial charge is 0.254 e. The molecule has 2 aromatic rings. The molecule has 2 aromatic carbocycles. The lowest BCUT2D eigenvalue weighted by atomic mass is 9.82. The van der Waals surface area contributed by atoms with Gasteiger partial charge in [0.25, 0.3) is 5.91 Å². The second-order valence-corrected chi connectivity index (χ2v) is 12.1. The van der Waals surface area contributed by atoms with Gasteiger partial charge in [-0.15, -0.1) is 0 Å². The van der Waals surface area contributed by atoms with Gasteiger partial charge >= 0.3 is 0 Å². The lowest BCUT2D eigenvalue weighted by molar-refractivity contribution is -0.144. The first kappa shape index (κ1) is 29.2. The summed E-state index contributed by atoms with van der Waals surface area (Å²) in [5.74, 6) is 0.392. The quantitative estimate of drug-likeness (QED) is 0.455. The van der Waals surface area contributed by atoms with Crippen LogP contribution < -0.4 is 11.1 Å². The van der Waals surface area contributed by atoms with E-state index in [-0.39, 0.29) is 29.7 Å². The second-order valence-electron chi connectivity index (χ2n) is 12.1. The van der Waals surface area contributed by atoms with E-state index in [1.807, 2.05) is 35.2 Å². The molecule has 3 N–H and O–H groups in total. The van der Waals surface area contributed by atoms with Crippen LogP contribution in [0.4, 0.5) is 4.39 Å². The van der Waals surface area contributed by atoms with Gasteiger partial charge < -0.3 is 20.9 Å². The second kappa shape index (κ2) is 13.6. The Bertz CT molecular complexity index is 1180. The van der Waals surface area contributed by atoms with Gasteiger partial charge in [0.05, 0.1) is 0 Å². The van der Waals surface area contributed by atoms with E-state index in [1.54, 1.807) is 4.90 Å². The maximum atomic E-state index is 13.8. The van der Waals surface area contributed by atoms with Crippen LogP contribution in [0.3, 0.4) is 0 Å². The molecule has 41 heavy (non-hydrogen) atoms. The number of halogens is 1. The van der Waals surface area contributed by atoms with Crippen LogP contribution in [0, 0.1) is 23.6 Å². The van der Waals surface area contributed by atoms with Crippen molar-refractivity contribution in [2.75, 3.05) is 26.2 Å². The predicted octanol–water partition coefficient (Wildman–Crippen LogP) is 4.16. The fourth-order valence-electron chi connectivity index (χ4n) is 6.44. The van der Waals surface area contributed by atoms with Crippen LogP contribution in [0.1, 0.15) is 67.3 Å². The minimum Gasteiger partial charge on any atom is -0.354 e. The van der Waals surface area contributed by atoms with E-state index >= 15 is 0 Å². The largest absolute Gasteiger partial charge is 0.354 e. The lowest BCUT2D eigenvalue weighted by Gasteiger charge is -2.43. The van der Waals surface area contributed by atoms with Crippen LogP contribution in [-0.2, 0) is 16.0 Å². The van der Waals surface area contributed by atoms with Crippen LogP contribution in [0.5, 0.6) is 0 Å². The van der Waals surface area contributed by atoms with Crippen LogP contribution in [0.25, 0.3) is 0 Å². The lowest BCUT2D eigenvalue weighted by Crippen LogP contribution is -2.59. The molecular weight excluding hydrogens is 519 g/mol. The van der Waals surface area contributed by atoms with Crippen molar-refractivity contribution in [2.45, 2.75) is 69.9 Å². The van der Waals surface area contributed by atoms with Crippen molar-refractivity contribution in [3.05, 3.63) is 71.5 Å². The van der Waals surface area contributed by atoms with Crippen molar-refractivity contribution in [2.24, 2.45) is 23.5 Å². The first-order valence-electron chi connectivity index (χ1n) is 15.3. The zero-order valence-corrected chi connectivity index (χ0v) is 23.8. The molecule has 2 saturated carbocycles. The molecule has 0 spiro atoms. The summed E-state index contributed by atoms with van der Waals surface area (Å²) in [4.78, 5) is 44.3.